The van der Waals surface area contributed by atoms with Gasteiger partial charge in [0.15, 0.2) is 0 Å². The highest BCUT2D eigenvalue weighted by Gasteiger charge is 1.96. The number of H-pyrrole nitrogens is 1. The second kappa shape index (κ2) is 9.50. The molecule has 0 saturated heterocycles. The minimum Gasteiger partial charge on any atom is -0.494 e. The van der Waals surface area contributed by atoms with Crippen molar-refractivity contribution in [3.8, 4) is 5.75 Å². The second-order valence-electron chi connectivity index (χ2n) is 5.58. The summed E-state index contributed by atoms with van der Waals surface area (Å²) in [4.78, 5) is 18.0. The van der Waals surface area contributed by atoms with Crippen molar-refractivity contribution in [2.24, 2.45) is 5.10 Å². The van der Waals surface area contributed by atoms with Crippen LogP contribution in [0.25, 0.3) is 0 Å². The normalized spacial score (nSPS) is 10.9. The highest BCUT2D eigenvalue weighted by Crippen LogP contribution is 2.12. The minimum atomic E-state index is -0.208. The third kappa shape index (κ3) is 6.24. The molecule has 128 valence electrons. The Balaban J connectivity index is 1.81. The van der Waals surface area contributed by atoms with Crippen LogP contribution >= 0.6 is 0 Å². The number of anilines is 1. The first kappa shape index (κ1) is 17.7. The van der Waals surface area contributed by atoms with Gasteiger partial charge in [-0.15, -0.1) is 0 Å². The van der Waals surface area contributed by atoms with Gasteiger partial charge in [-0.3, -0.25) is 9.78 Å². The lowest BCUT2D eigenvalue weighted by atomic mass is 10.2. The van der Waals surface area contributed by atoms with E-state index in [1.54, 1.807) is 13.1 Å². The number of hydrogen-bond acceptors (Lipinski definition) is 5. The highest BCUT2D eigenvalue weighted by molar-refractivity contribution is 5.80. The molecule has 0 aliphatic heterocycles. The standard InChI is InChI=1S/C18H24N4O2/c1-3-4-5-6-11-24-16-9-7-15(8-10-16)13-19-22-18-20-14(2)12-17(23)21-18/h7-10,12-13H,3-6,11H2,1-2H3,(H2,20,21,22,23)/b19-13-. The topological polar surface area (TPSA) is 79.4 Å². The summed E-state index contributed by atoms with van der Waals surface area (Å²) in [6.45, 7) is 4.70. The first-order chi connectivity index (χ1) is 11.7. The first-order valence-electron chi connectivity index (χ1n) is 8.27. The summed E-state index contributed by atoms with van der Waals surface area (Å²) < 4.78 is 5.70. The Morgan fingerprint density at radius 3 is 2.75 bits per heavy atom. The molecule has 6 heteroatoms. The molecule has 0 spiro atoms. The smallest absolute Gasteiger partial charge is 0.252 e. The van der Waals surface area contributed by atoms with Crippen molar-refractivity contribution in [1.29, 1.82) is 0 Å². The third-order valence-corrected chi connectivity index (χ3v) is 3.40. The molecule has 0 amide bonds. The largest absolute Gasteiger partial charge is 0.494 e. The van der Waals surface area contributed by atoms with Gasteiger partial charge in [-0.05, 0) is 43.2 Å². The molecule has 2 N–H and O–H groups in total. The number of unbranched alkanes of at least 4 members (excludes halogenated alkanes) is 3. The fourth-order valence-corrected chi connectivity index (χ4v) is 2.17. The van der Waals surface area contributed by atoms with Crippen LogP contribution in [-0.2, 0) is 0 Å². The molecular formula is C18H24N4O2. The van der Waals surface area contributed by atoms with Gasteiger partial charge in [0.1, 0.15) is 5.75 Å². The van der Waals surface area contributed by atoms with Crippen molar-refractivity contribution in [3.05, 3.63) is 51.9 Å². The van der Waals surface area contributed by atoms with Gasteiger partial charge in [0.25, 0.3) is 5.56 Å². The zero-order valence-corrected chi connectivity index (χ0v) is 14.2. The fraction of sp³-hybridized carbons (Fsp3) is 0.389. The number of ether oxygens (including phenoxy) is 1. The molecule has 1 aromatic heterocycles. The van der Waals surface area contributed by atoms with Crippen molar-refractivity contribution in [2.45, 2.75) is 39.5 Å². The van der Waals surface area contributed by atoms with Crippen LogP contribution in [0.1, 0.15) is 43.9 Å². The molecule has 0 saturated carbocycles. The number of aryl methyl sites for hydroxylation is 1. The Hall–Kier alpha value is -2.63. The van der Waals surface area contributed by atoms with E-state index in [1.807, 2.05) is 24.3 Å². The van der Waals surface area contributed by atoms with E-state index in [2.05, 4.69) is 27.4 Å². The lowest BCUT2D eigenvalue weighted by Crippen LogP contribution is -2.10. The fourth-order valence-electron chi connectivity index (χ4n) is 2.17. The van der Waals surface area contributed by atoms with Gasteiger partial charge in [-0.1, -0.05) is 26.2 Å². The summed E-state index contributed by atoms with van der Waals surface area (Å²) in [6.07, 6.45) is 6.44. The van der Waals surface area contributed by atoms with E-state index in [-0.39, 0.29) is 5.56 Å². The quantitative estimate of drug-likeness (QED) is 0.419. The van der Waals surface area contributed by atoms with Crippen molar-refractivity contribution in [2.75, 3.05) is 12.0 Å². The second-order valence-corrected chi connectivity index (χ2v) is 5.58. The van der Waals surface area contributed by atoms with E-state index >= 15 is 0 Å². The van der Waals surface area contributed by atoms with Gasteiger partial charge in [0.2, 0.25) is 5.95 Å². The molecule has 0 fully saturated rings. The third-order valence-electron chi connectivity index (χ3n) is 3.40. The molecule has 6 nitrogen and oxygen atoms in total. The number of aromatic nitrogens is 2. The number of rotatable bonds is 9. The van der Waals surface area contributed by atoms with Crippen LogP contribution in [0.15, 0.2) is 40.2 Å². The Labute approximate surface area is 142 Å². The first-order valence-corrected chi connectivity index (χ1v) is 8.27. The van der Waals surface area contributed by atoms with E-state index in [9.17, 15) is 4.79 Å². The predicted molar refractivity (Wildman–Crippen MR) is 96.9 cm³/mol. The number of nitrogens with one attached hydrogen (secondary N) is 2. The van der Waals surface area contributed by atoms with E-state index in [0.29, 0.717) is 11.6 Å². The molecular weight excluding hydrogens is 304 g/mol. The molecule has 0 radical (unpaired) electrons. The number of hydrazone groups is 1. The number of nitrogens with zero attached hydrogens (tertiary/aromatic N) is 2. The molecule has 2 rings (SSSR count). The Morgan fingerprint density at radius 2 is 2.04 bits per heavy atom. The molecule has 1 heterocycles. The Bertz CT molecular complexity index is 708. The molecule has 1 aromatic carbocycles. The number of aromatic amines is 1. The van der Waals surface area contributed by atoms with Gasteiger partial charge >= 0.3 is 0 Å². The Kier molecular flexibility index (Phi) is 7.01. The summed E-state index contributed by atoms with van der Waals surface area (Å²) in [5.74, 6) is 1.18. The van der Waals surface area contributed by atoms with E-state index in [1.165, 1.54) is 25.3 Å². The predicted octanol–water partition coefficient (Wildman–Crippen LogP) is 3.48. The highest BCUT2D eigenvalue weighted by atomic mass is 16.5. The van der Waals surface area contributed by atoms with Crippen molar-refractivity contribution in [3.63, 3.8) is 0 Å². The van der Waals surface area contributed by atoms with Gasteiger partial charge < -0.3 is 4.74 Å². The number of benzene rings is 1. The van der Waals surface area contributed by atoms with Crippen LogP contribution in [-0.4, -0.2) is 22.8 Å². The SMILES string of the molecule is CCCCCCOc1ccc(/C=N\Nc2nc(C)cc(=O)[nH]2)cc1. The van der Waals surface area contributed by atoms with Crippen LogP contribution < -0.4 is 15.7 Å². The van der Waals surface area contributed by atoms with Gasteiger partial charge in [-0.25, -0.2) is 10.4 Å². The van der Waals surface area contributed by atoms with E-state index in [4.69, 9.17) is 4.74 Å². The summed E-state index contributed by atoms with van der Waals surface area (Å²) in [5, 5.41) is 4.07. The maximum atomic E-state index is 11.3. The van der Waals surface area contributed by atoms with Crippen molar-refractivity contribution < 1.29 is 4.74 Å². The zero-order chi connectivity index (χ0) is 17.2. The van der Waals surface area contributed by atoms with Gasteiger partial charge in [0.05, 0.1) is 12.8 Å². The van der Waals surface area contributed by atoms with Gasteiger partial charge in [-0.2, -0.15) is 5.10 Å². The maximum absolute atomic E-state index is 11.3. The zero-order valence-electron chi connectivity index (χ0n) is 14.2. The molecule has 0 bridgehead atoms. The molecule has 0 unspecified atom stereocenters. The van der Waals surface area contributed by atoms with Crippen molar-refractivity contribution in [1.82, 2.24) is 9.97 Å². The van der Waals surface area contributed by atoms with E-state index in [0.717, 1.165) is 24.3 Å². The van der Waals surface area contributed by atoms with E-state index < -0.39 is 0 Å². The average Bonchev–Trinajstić information content (AvgIpc) is 2.55. The lowest BCUT2D eigenvalue weighted by Gasteiger charge is -2.06. The lowest BCUT2D eigenvalue weighted by molar-refractivity contribution is 0.305. The van der Waals surface area contributed by atoms with Crippen LogP contribution in [0.5, 0.6) is 5.75 Å². The molecule has 2 aromatic rings. The van der Waals surface area contributed by atoms with Crippen LogP contribution in [0.4, 0.5) is 5.95 Å². The van der Waals surface area contributed by atoms with Crippen LogP contribution in [0, 0.1) is 6.92 Å². The van der Waals surface area contributed by atoms with Crippen LogP contribution in [0.3, 0.4) is 0 Å². The van der Waals surface area contributed by atoms with Crippen LogP contribution in [0.2, 0.25) is 0 Å². The molecule has 0 aliphatic rings. The van der Waals surface area contributed by atoms with Gasteiger partial charge in [0, 0.05) is 11.8 Å². The summed E-state index contributed by atoms with van der Waals surface area (Å²) in [6, 6.07) is 9.13. The molecule has 0 atom stereocenters. The maximum Gasteiger partial charge on any atom is 0.252 e. The minimum absolute atomic E-state index is 0.208. The average molecular weight is 328 g/mol. The summed E-state index contributed by atoms with van der Waals surface area (Å²) in [5.41, 5.74) is 4.07. The Morgan fingerprint density at radius 1 is 1.25 bits per heavy atom. The summed E-state index contributed by atoms with van der Waals surface area (Å²) >= 11 is 0. The summed E-state index contributed by atoms with van der Waals surface area (Å²) in [7, 11) is 0. The monoisotopic (exact) mass is 328 g/mol. The molecule has 24 heavy (non-hydrogen) atoms. The van der Waals surface area contributed by atoms with Crippen molar-refractivity contribution >= 4 is 12.2 Å². The molecule has 0 aliphatic carbocycles. The number of hydrogen-bond donors (Lipinski definition) is 2.